The first kappa shape index (κ1) is 32.8. The van der Waals surface area contributed by atoms with Crippen molar-refractivity contribution in [3.63, 3.8) is 0 Å². The maximum atomic E-state index is 12.3. The van der Waals surface area contributed by atoms with Crippen molar-refractivity contribution in [1.82, 2.24) is 10.3 Å². The van der Waals surface area contributed by atoms with E-state index in [1.54, 1.807) is 42.5 Å². The summed E-state index contributed by atoms with van der Waals surface area (Å²) in [6.07, 6.45) is 5.66. The molecule has 1 heterocycles. The molecule has 2 aliphatic carbocycles. The fourth-order valence-electron chi connectivity index (χ4n) is 5.20. The third kappa shape index (κ3) is 10.6. The van der Waals surface area contributed by atoms with E-state index in [1.165, 1.54) is 0 Å². The summed E-state index contributed by atoms with van der Waals surface area (Å²) in [6, 6.07) is 19.3. The van der Waals surface area contributed by atoms with Gasteiger partial charge in [-0.2, -0.15) is 0 Å². The van der Waals surface area contributed by atoms with Gasteiger partial charge in [-0.25, -0.2) is 4.98 Å². The van der Waals surface area contributed by atoms with Crippen LogP contribution in [0.4, 0.5) is 0 Å². The Labute approximate surface area is 268 Å². The topological polar surface area (TPSA) is 108 Å². The van der Waals surface area contributed by atoms with Crippen LogP contribution < -0.4 is 11.1 Å². The maximum Gasteiger partial charge on any atom is 0.270 e. The van der Waals surface area contributed by atoms with Crippen LogP contribution in [0.3, 0.4) is 0 Å². The van der Waals surface area contributed by atoms with E-state index in [0.29, 0.717) is 35.7 Å². The third-order valence-electron chi connectivity index (χ3n) is 7.30. The highest BCUT2D eigenvalue weighted by atomic mass is 35.5. The molecule has 9 heteroatoms. The van der Waals surface area contributed by atoms with E-state index in [2.05, 4.69) is 34.0 Å². The van der Waals surface area contributed by atoms with Gasteiger partial charge in [0.05, 0.1) is 0 Å². The molecular weight excluding hydrogens is 605 g/mol. The van der Waals surface area contributed by atoms with Crippen LogP contribution in [0.2, 0.25) is 15.2 Å². The molecule has 2 fully saturated rings. The lowest BCUT2D eigenvalue weighted by molar-refractivity contribution is 0.0451. The Morgan fingerprint density at radius 2 is 1.40 bits per heavy atom. The predicted octanol–water partition coefficient (Wildman–Crippen LogP) is 6.17. The van der Waals surface area contributed by atoms with Crippen LogP contribution in [0.15, 0.2) is 66.7 Å². The van der Waals surface area contributed by atoms with Crippen molar-refractivity contribution >= 4 is 40.7 Å². The minimum absolute atomic E-state index is 0.0578. The number of aromatic nitrogens is 1. The van der Waals surface area contributed by atoms with Crippen LogP contribution in [0.1, 0.15) is 73.0 Å². The molecule has 0 bridgehead atoms. The number of nitrogens with zero attached hydrogens (tertiary/aromatic N) is 1. The minimum Gasteiger partial charge on any atom is -0.378 e. The van der Waals surface area contributed by atoms with Gasteiger partial charge in [0.25, 0.3) is 5.91 Å². The first-order valence-corrected chi connectivity index (χ1v) is 15.4. The molecule has 1 amide bonds. The van der Waals surface area contributed by atoms with Crippen LogP contribution in [0.5, 0.6) is 0 Å². The number of nitrogens with two attached hydrogens (primary N) is 1. The zero-order chi connectivity index (χ0) is 30.9. The third-order valence-corrected chi connectivity index (χ3v) is 7.98. The van der Waals surface area contributed by atoms with Crippen molar-refractivity contribution in [3.05, 3.63) is 98.7 Å². The zero-order valence-corrected chi connectivity index (χ0v) is 25.9. The number of hydrogen-bond donors (Lipinski definition) is 4. The number of rotatable bonds is 2. The largest absolute Gasteiger partial charge is 0.378 e. The van der Waals surface area contributed by atoms with E-state index < -0.39 is 11.2 Å². The summed E-state index contributed by atoms with van der Waals surface area (Å²) in [4.78, 5) is 16.3. The minimum atomic E-state index is -1.14. The number of carbonyl (C=O) groups excluding carboxylic acids is 1. The van der Waals surface area contributed by atoms with Gasteiger partial charge in [0.2, 0.25) is 0 Å². The van der Waals surface area contributed by atoms with Crippen molar-refractivity contribution < 1.29 is 15.0 Å². The first-order chi connectivity index (χ1) is 20.5. The van der Waals surface area contributed by atoms with Crippen LogP contribution >= 0.6 is 34.8 Å². The average Bonchev–Trinajstić information content (AvgIpc) is 2.96. The summed E-state index contributed by atoms with van der Waals surface area (Å²) >= 11 is 17.7. The summed E-state index contributed by atoms with van der Waals surface area (Å²) in [5.41, 5.74) is 5.62. The monoisotopic (exact) mass is 637 g/mol. The number of hydrogen-bond acceptors (Lipinski definition) is 5. The van der Waals surface area contributed by atoms with Gasteiger partial charge in [0.1, 0.15) is 22.0 Å². The Morgan fingerprint density at radius 1 is 0.837 bits per heavy atom. The second-order valence-corrected chi connectivity index (χ2v) is 12.3. The second-order valence-electron chi connectivity index (χ2n) is 11.1. The summed E-state index contributed by atoms with van der Waals surface area (Å²) in [7, 11) is 0. The Morgan fingerprint density at radius 3 is 1.95 bits per heavy atom. The van der Waals surface area contributed by atoms with E-state index in [-0.39, 0.29) is 28.8 Å². The van der Waals surface area contributed by atoms with Gasteiger partial charge in [-0.3, -0.25) is 4.79 Å². The lowest BCUT2D eigenvalue weighted by Gasteiger charge is -2.33. The Hall–Kier alpha value is -3.07. The van der Waals surface area contributed by atoms with Gasteiger partial charge in [-0.1, -0.05) is 76.7 Å². The van der Waals surface area contributed by atoms with Crippen molar-refractivity contribution in [2.75, 3.05) is 0 Å². The number of pyridine rings is 1. The second kappa shape index (κ2) is 15.1. The van der Waals surface area contributed by atoms with Gasteiger partial charge in [0, 0.05) is 46.1 Å². The van der Waals surface area contributed by atoms with Crippen molar-refractivity contribution in [1.29, 1.82) is 0 Å². The lowest BCUT2D eigenvalue weighted by Crippen LogP contribution is -2.45. The summed E-state index contributed by atoms with van der Waals surface area (Å²) < 4.78 is 0. The molecule has 0 saturated heterocycles. The fourth-order valence-corrected chi connectivity index (χ4v) is 5.75. The molecule has 43 heavy (non-hydrogen) atoms. The summed E-state index contributed by atoms with van der Waals surface area (Å²) in [5.74, 6) is 11.5. The Kier molecular flexibility index (Phi) is 11.5. The van der Waals surface area contributed by atoms with Gasteiger partial charge in [0.15, 0.2) is 0 Å². The Bertz CT molecular complexity index is 1560. The quantitative estimate of drug-likeness (QED) is 0.198. The molecule has 0 unspecified atom stereocenters. The van der Waals surface area contributed by atoms with Crippen LogP contribution in [-0.4, -0.2) is 44.4 Å². The molecule has 5 rings (SSSR count). The van der Waals surface area contributed by atoms with Crippen LogP contribution in [-0.2, 0) is 0 Å². The highest BCUT2D eigenvalue weighted by molar-refractivity contribution is 6.31. The molecule has 2 aliphatic rings. The number of carbonyl (C=O) groups is 1. The molecular formula is C34H34Cl3N3O3. The highest BCUT2D eigenvalue weighted by Crippen LogP contribution is 2.29. The molecule has 0 radical (unpaired) electrons. The standard InChI is InChI=1S/C20H18Cl2N2O2.C14H16ClNO/c21-15-5-1-4-14(12-15)9-11-20(26)10-3-6-16(13-20)23-19(25)17-7-2-8-18(22)24-17;15-12-4-1-3-11(9-12)6-8-14(17)7-2-5-13(16)10-14/h1-2,4-5,7-8,12,16,26H,3,6,10,13H2,(H,23,25);1,3-4,9,13,17H,2,5,7,10,16H2/t16-,20+;13-,14+/m01/s1. The first-order valence-electron chi connectivity index (χ1n) is 14.2. The molecule has 224 valence electrons. The molecule has 0 aliphatic heterocycles. The van der Waals surface area contributed by atoms with E-state index in [0.717, 1.165) is 36.8 Å². The van der Waals surface area contributed by atoms with Gasteiger partial charge in [-0.15, -0.1) is 0 Å². The molecule has 4 atom stereocenters. The van der Waals surface area contributed by atoms with Gasteiger partial charge < -0.3 is 21.3 Å². The maximum absolute atomic E-state index is 12.3. The average molecular weight is 639 g/mol. The zero-order valence-electron chi connectivity index (χ0n) is 23.6. The lowest BCUT2D eigenvalue weighted by atomic mass is 9.82. The van der Waals surface area contributed by atoms with Crippen LogP contribution in [0.25, 0.3) is 0 Å². The predicted molar refractivity (Wildman–Crippen MR) is 172 cm³/mol. The fraction of sp³-hybridized carbons (Fsp3) is 0.353. The smallest absolute Gasteiger partial charge is 0.270 e. The van der Waals surface area contributed by atoms with E-state index in [9.17, 15) is 15.0 Å². The van der Waals surface area contributed by atoms with Crippen molar-refractivity contribution in [2.24, 2.45) is 5.73 Å². The number of nitrogens with one attached hydrogen (secondary N) is 1. The Balaban J connectivity index is 0.000000215. The van der Waals surface area contributed by atoms with Crippen molar-refractivity contribution in [3.8, 4) is 23.7 Å². The van der Waals surface area contributed by atoms with E-state index >= 15 is 0 Å². The molecule has 0 spiro atoms. The summed E-state index contributed by atoms with van der Waals surface area (Å²) in [5, 5.41) is 25.5. The number of amides is 1. The number of benzene rings is 2. The SMILES string of the molecule is N[C@@H]1CCC[C@](O)(C#Cc2cccc(Cl)c2)C1.O=C(N[C@H]1CCC[C@@](O)(C#Cc2cccc(Cl)c2)C1)c1cccc(Cl)n1. The van der Waals surface area contributed by atoms with Gasteiger partial charge >= 0.3 is 0 Å². The molecule has 2 aromatic carbocycles. The van der Waals surface area contributed by atoms with Crippen molar-refractivity contribution in [2.45, 2.75) is 74.7 Å². The number of aliphatic hydroxyl groups is 2. The highest BCUT2D eigenvalue weighted by Gasteiger charge is 2.34. The van der Waals surface area contributed by atoms with E-state index in [1.807, 2.05) is 24.3 Å². The molecule has 2 saturated carbocycles. The molecule has 3 aromatic rings. The molecule has 6 nitrogen and oxygen atoms in total. The molecule has 5 N–H and O–H groups in total. The van der Waals surface area contributed by atoms with E-state index in [4.69, 9.17) is 40.5 Å². The number of halogens is 3. The molecule has 1 aromatic heterocycles. The van der Waals surface area contributed by atoms with Crippen LogP contribution in [0, 0.1) is 23.7 Å². The summed E-state index contributed by atoms with van der Waals surface area (Å²) in [6.45, 7) is 0. The normalized spacial score (nSPS) is 24.6. The van der Waals surface area contributed by atoms with Gasteiger partial charge in [-0.05, 0) is 87.1 Å².